The van der Waals surface area contributed by atoms with Crippen LogP contribution in [0.2, 0.25) is 0 Å². The first kappa shape index (κ1) is 38.9. The normalized spacial score (nSPS) is 11.5. The number of benzene rings is 6. The van der Waals surface area contributed by atoms with Gasteiger partial charge in [-0.3, -0.25) is 0 Å². The van der Waals surface area contributed by atoms with Gasteiger partial charge in [0.15, 0.2) is 18.6 Å². The zero-order valence-corrected chi connectivity index (χ0v) is 37.0. The smallest absolute Gasteiger partial charge is 0.201 e. The van der Waals surface area contributed by atoms with Crippen molar-refractivity contribution in [2.45, 2.75) is 34.5 Å². The van der Waals surface area contributed by atoms with Crippen LogP contribution in [-0.4, -0.2) is 0 Å². The lowest BCUT2D eigenvalue weighted by Gasteiger charge is -2.11. The molecule has 6 aromatic carbocycles. The molecule has 3 heterocycles. The number of pyridine rings is 3. The summed E-state index contributed by atoms with van der Waals surface area (Å²) < 4.78 is 30.1. The van der Waals surface area contributed by atoms with Gasteiger partial charge in [0.2, 0.25) is 17.1 Å². The Bertz CT molecular complexity index is 3030. The highest BCUT2D eigenvalue weighted by Gasteiger charge is 2.16. The van der Waals surface area contributed by atoms with Gasteiger partial charge in [-0.15, -0.1) is 0 Å². The van der Waals surface area contributed by atoms with Crippen LogP contribution in [0.5, 0.6) is 0 Å². The molecule has 9 aromatic rings. The molecule has 0 aliphatic carbocycles. The van der Waals surface area contributed by atoms with Gasteiger partial charge in [-0.1, -0.05) is 115 Å². The Balaban J connectivity index is 0.000000146. The van der Waals surface area contributed by atoms with Crippen molar-refractivity contribution in [1.29, 1.82) is 0 Å². The first-order valence-electron chi connectivity index (χ1n) is 22.7. The second-order valence-electron chi connectivity index (χ2n) is 15.9. The van der Waals surface area contributed by atoms with Crippen LogP contribution in [-0.2, 0) is 21.1 Å². The van der Waals surface area contributed by atoms with Crippen molar-refractivity contribution >= 4 is 0 Å². The predicted octanol–water partition coefficient (Wildman–Crippen LogP) is 13.1. The summed E-state index contributed by atoms with van der Waals surface area (Å²) in [6.45, 7) is 6.35. The maximum atomic E-state index is 7.91. The molecule has 0 radical (unpaired) electrons. The Labute approximate surface area is 373 Å². The Morgan fingerprint density at radius 1 is 0.290 bits per heavy atom. The molecule has 0 saturated carbocycles. The standard InChI is InChI=1S/2C20H20N.C19H18N/c2*1-15-13-16(2)19(20-11-7-8-12-21(20)3)14-18(15)17-9-5-4-6-10-17;1-15-11-12-17(16-8-4-3-5-9-16)14-18(15)19-10-6-7-13-20(19)2/h2*4-14H,1-3H3;3-14H,1-2H3/q3*+1/i1D3;;. The highest BCUT2D eigenvalue weighted by molar-refractivity contribution is 5.77. The summed E-state index contributed by atoms with van der Waals surface area (Å²) in [7, 11) is 6.18. The quantitative estimate of drug-likeness (QED) is 0.148. The molecule has 0 N–H and O–H groups in total. The molecular formula is C59H58N3+3. The highest BCUT2D eigenvalue weighted by atomic mass is 14.9. The number of aryl methyl sites for hydroxylation is 8. The molecule has 0 aliphatic rings. The average molecular weight is 812 g/mol. The van der Waals surface area contributed by atoms with Crippen LogP contribution in [0.3, 0.4) is 0 Å². The summed E-state index contributed by atoms with van der Waals surface area (Å²) >= 11 is 0. The van der Waals surface area contributed by atoms with Crippen molar-refractivity contribution in [2.24, 2.45) is 21.1 Å². The maximum Gasteiger partial charge on any atom is 0.212 e. The van der Waals surface area contributed by atoms with E-state index in [9.17, 15) is 0 Å². The summed E-state index contributed by atoms with van der Waals surface area (Å²) in [6.07, 6.45) is 6.18. The van der Waals surface area contributed by atoms with Crippen molar-refractivity contribution in [3.8, 4) is 67.2 Å². The summed E-state index contributed by atoms with van der Waals surface area (Å²) in [6, 6.07) is 64.5. The Morgan fingerprint density at radius 2 is 0.645 bits per heavy atom. The number of aromatic nitrogens is 3. The van der Waals surface area contributed by atoms with Gasteiger partial charge in [-0.05, 0) is 132 Å². The first-order chi connectivity index (χ1) is 31.3. The van der Waals surface area contributed by atoms with Crippen LogP contribution in [0.25, 0.3) is 67.2 Å². The fourth-order valence-corrected chi connectivity index (χ4v) is 8.01. The second-order valence-corrected chi connectivity index (χ2v) is 15.9. The van der Waals surface area contributed by atoms with E-state index in [1.807, 2.05) is 79.3 Å². The third-order valence-corrected chi connectivity index (χ3v) is 11.4. The molecule has 3 nitrogen and oxygen atoms in total. The van der Waals surface area contributed by atoms with Crippen molar-refractivity contribution in [1.82, 2.24) is 0 Å². The zero-order valence-electron chi connectivity index (χ0n) is 40.0. The third kappa shape index (κ3) is 10.0. The van der Waals surface area contributed by atoms with Crippen LogP contribution in [0.1, 0.15) is 31.9 Å². The molecule has 62 heavy (non-hydrogen) atoms. The Hall–Kier alpha value is -7.23. The molecule has 0 amide bonds. The van der Waals surface area contributed by atoms with Crippen LogP contribution >= 0.6 is 0 Å². The van der Waals surface area contributed by atoms with Crippen molar-refractivity contribution in [3.05, 3.63) is 234 Å². The minimum absolute atomic E-state index is 0.397. The lowest BCUT2D eigenvalue weighted by Crippen LogP contribution is -2.30. The topological polar surface area (TPSA) is 11.6 Å². The molecule has 0 atom stereocenters. The lowest BCUT2D eigenvalue weighted by molar-refractivity contribution is -0.660. The molecule has 0 aliphatic heterocycles. The van der Waals surface area contributed by atoms with E-state index < -0.39 is 6.85 Å². The van der Waals surface area contributed by atoms with E-state index in [0.29, 0.717) is 5.56 Å². The largest absolute Gasteiger partial charge is 0.212 e. The maximum absolute atomic E-state index is 7.91. The summed E-state index contributed by atoms with van der Waals surface area (Å²) in [5, 5.41) is 0. The van der Waals surface area contributed by atoms with Crippen LogP contribution in [0.4, 0.5) is 0 Å². The molecule has 3 aromatic heterocycles. The average Bonchev–Trinajstić information content (AvgIpc) is 3.31. The summed E-state index contributed by atoms with van der Waals surface area (Å²) in [5.74, 6) is 0. The summed E-state index contributed by atoms with van der Waals surface area (Å²) in [5.41, 5.74) is 19.2. The first-order valence-corrected chi connectivity index (χ1v) is 21.2. The monoisotopic (exact) mass is 811 g/mol. The van der Waals surface area contributed by atoms with Gasteiger partial charge in [0, 0.05) is 57.2 Å². The van der Waals surface area contributed by atoms with Gasteiger partial charge < -0.3 is 0 Å². The molecule has 0 unspecified atom stereocenters. The molecule has 0 saturated heterocycles. The van der Waals surface area contributed by atoms with E-state index in [4.69, 9.17) is 4.11 Å². The van der Waals surface area contributed by atoms with E-state index in [1.54, 1.807) is 6.07 Å². The van der Waals surface area contributed by atoms with Gasteiger partial charge in [0.05, 0.1) is 0 Å². The second kappa shape index (κ2) is 19.9. The number of hydrogen-bond donors (Lipinski definition) is 0. The zero-order chi connectivity index (χ0) is 46.1. The SMILES string of the molecule is Cc1cc(C)c(-c2cccc[n+]2C)cc1-c1ccccc1.Cc1ccc(-c2ccccc2)cc1-c1cccc[n+]1C.[2H]C([2H])([2H])c1cc(C)c(-c2cccc[n+]2C)cc1-c1ccccc1. The molecule has 3 heteroatoms. The molecule has 0 spiro atoms. The molecule has 0 fully saturated rings. The van der Waals surface area contributed by atoms with Gasteiger partial charge in [-0.25, -0.2) is 13.7 Å². The molecule has 0 bridgehead atoms. The molecule has 306 valence electrons. The van der Waals surface area contributed by atoms with Crippen molar-refractivity contribution < 1.29 is 17.8 Å². The van der Waals surface area contributed by atoms with Crippen LogP contribution in [0.15, 0.2) is 207 Å². The van der Waals surface area contributed by atoms with E-state index in [-0.39, 0.29) is 0 Å². The van der Waals surface area contributed by atoms with Crippen molar-refractivity contribution in [2.75, 3.05) is 0 Å². The van der Waals surface area contributed by atoms with E-state index in [1.165, 1.54) is 61.5 Å². The molecular weight excluding hydrogens is 751 g/mol. The fourth-order valence-electron chi connectivity index (χ4n) is 8.01. The lowest BCUT2D eigenvalue weighted by atomic mass is 9.93. The van der Waals surface area contributed by atoms with Gasteiger partial charge in [-0.2, -0.15) is 0 Å². The minimum Gasteiger partial charge on any atom is -0.201 e. The van der Waals surface area contributed by atoms with Crippen LogP contribution < -0.4 is 13.7 Å². The van der Waals surface area contributed by atoms with E-state index in [0.717, 1.165) is 27.9 Å². The Morgan fingerprint density at radius 3 is 1.06 bits per heavy atom. The summed E-state index contributed by atoms with van der Waals surface area (Å²) in [4.78, 5) is 0. The Kier molecular flexibility index (Phi) is 12.5. The highest BCUT2D eigenvalue weighted by Crippen LogP contribution is 2.33. The minimum atomic E-state index is -2.15. The number of rotatable bonds is 6. The number of hydrogen-bond acceptors (Lipinski definition) is 0. The van der Waals surface area contributed by atoms with E-state index in [2.05, 4.69) is 184 Å². The van der Waals surface area contributed by atoms with Crippen molar-refractivity contribution in [3.63, 3.8) is 0 Å². The van der Waals surface area contributed by atoms with E-state index >= 15 is 0 Å². The van der Waals surface area contributed by atoms with Crippen LogP contribution in [0, 0.1) is 34.5 Å². The van der Waals surface area contributed by atoms with Gasteiger partial charge >= 0.3 is 0 Å². The van der Waals surface area contributed by atoms with Gasteiger partial charge in [0.25, 0.3) is 0 Å². The number of nitrogens with zero attached hydrogens (tertiary/aromatic N) is 3. The fraction of sp³-hybridized carbons (Fsp3) is 0.136. The predicted molar refractivity (Wildman–Crippen MR) is 259 cm³/mol. The third-order valence-electron chi connectivity index (χ3n) is 11.4. The molecule has 9 rings (SSSR count). The van der Waals surface area contributed by atoms with Gasteiger partial charge in [0.1, 0.15) is 21.1 Å².